The Hall–Kier alpha value is -0.790. The third kappa shape index (κ3) is 2.87. The number of rotatable bonds is 4. The van der Waals surface area contributed by atoms with Crippen molar-refractivity contribution in [1.82, 2.24) is 0 Å². The number of hydrogen-bond acceptors (Lipinski definition) is 1. The summed E-state index contributed by atoms with van der Waals surface area (Å²) in [4.78, 5) is 0. The number of benzene rings is 1. The summed E-state index contributed by atoms with van der Waals surface area (Å²) in [6, 6.07) is 8.47. The summed E-state index contributed by atoms with van der Waals surface area (Å²) in [5.41, 5.74) is 3.93. The van der Waals surface area contributed by atoms with Gasteiger partial charge in [-0.3, -0.25) is 0 Å². The largest absolute Gasteiger partial charge is 0.392 e. The molecule has 0 radical (unpaired) electrons. The summed E-state index contributed by atoms with van der Waals surface area (Å²) in [7, 11) is 0. The fourth-order valence-corrected chi connectivity index (χ4v) is 2.22. The first-order valence-electron chi connectivity index (χ1n) is 5.82. The highest BCUT2D eigenvalue weighted by molar-refractivity contribution is 6.18. The molecule has 0 aliphatic heterocycles. The van der Waals surface area contributed by atoms with Gasteiger partial charge in [-0.2, -0.15) is 0 Å². The van der Waals surface area contributed by atoms with E-state index in [1.165, 1.54) is 30.4 Å². The number of allylic oxidation sites excluding steroid dienone is 2. The van der Waals surface area contributed by atoms with Crippen LogP contribution < -0.4 is 0 Å². The van der Waals surface area contributed by atoms with Crippen molar-refractivity contribution in [2.24, 2.45) is 0 Å². The summed E-state index contributed by atoms with van der Waals surface area (Å²) in [5.74, 6) is 0.299. The summed E-state index contributed by atoms with van der Waals surface area (Å²) in [6.45, 7) is 0. The second kappa shape index (κ2) is 5.51. The molecule has 2 heteroatoms. The summed E-state index contributed by atoms with van der Waals surface area (Å²) < 4.78 is 0. The van der Waals surface area contributed by atoms with Gasteiger partial charge in [0.05, 0.1) is 6.10 Å². The van der Waals surface area contributed by atoms with Gasteiger partial charge < -0.3 is 5.11 Å². The van der Waals surface area contributed by atoms with E-state index in [9.17, 15) is 5.11 Å². The van der Waals surface area contributed by atoms with Gasteiger partial charge in [0.15, 0.2) is 0 Å². The molecular weight excluding hydrogens is 220 g/mol. The first kappa shape index (κ1) is 11.7. The van der Waals surface area contributed by atoms with E-state index in [4.69, 9.17) is 11.6 Å². The van der Waals surface area contributed by atoms with Gasteiger partial charge in [0.25, 0.3) is 0 Å². The second-order valence-electron chi connectivity index (χ2n) is 4.33. The normalized spacial score (nSPS) is 17.2. The van der Waals surface area contributed by atoms with Crippen LogP contribution in [0.25, 0.3) is 5.57 Å². The highest BCUT2D eigenvalue weighted by atomic mass is 35.5. The summed E-state index contributed by atoms with van der Waals surface area (Å²) in [6.07, 6.45) is 6.22. The molecule has 86 valence electrons. The highest BCUT2D eigenvalue weighted by Crippen LogP contribution is 2.27. The molecule has 1 unspecified atom stereocenters. The van der Waals surface area contributed by atoms with Crippen LogP contribution in [-0.4, -0.2) is 17.1 Å². The molecular formula is C14H17ClO. The molecule has 1 nitrogen and oxygen atoms in total. The molecule has 0 spiro atoms. The minimum Gasteiger partial charge on any atom is -0.392 e. The number of alkyl halides is 1. The zero-order valence-electron chi connectivity index (χ0n) is 9.32. The van der Waals surface area contributed by atoms with E-state index in [2.05, 4.69) is 30.3 Å². The van der Waals surface area contributed by atoms with Gasteiger partial charge in [-0.25, -0.2) is 0 Å². The topological polar surface area (TPSA) is 20.2 Å². The second-order valence-corrected chi connectivity index (χ2v) is 4.64. The predicted octanol–water partition coefficient (Wildman–Crippen LogP) is 3.40. The minimum absolute atomic E-state index is 0.299. The van der Waals surface area contributed by atoms with E-state index in [0.717, 1.165) is 5.56 Å². The quantitative estimate of drug-likeness (QED) is 0.795. The van der Waals surface area contributed by atoms with Crippen LogP contribution in [0.15, 0.2) is 30.3 Å². The Bertz CT molecular complexity index is 367. The Morgan fingerprint density at radius 2 is 2.00 bits per heavy atom. The first-order valence-corrected chi connectivity index (χ1v) is 6.35. The van der Waals surface area contributed by atoms with Crippen molar-refractivity contribution in [2.75, 3.05) is 5.88 Å². The molecule has 0 fully saturated rings. The lowest BCUT2D eigenvalue weighted by atomic mass is 10.0. The molecule has 1 aromatic rings. The van der Waals surface area contributed by atoms with Crippen molar-refractivity contribution in [2.45, 2.75) is 31.8 Å². The molecule has 2 rings (SSSR count). The van der Waals surface area contributed by atoms with Crippen LogP contribution in [0.4, 0.5) is 0 Å². The number of aliphatic hydroxyl groups is 1. The molecule has 0 saturated heterocycles. The molecule has 16 heavy (non-hydrogen) atoms. The third-order valence-electron chi connectivity index (χ3n) is 3.02. The van der Waals surface area contributed by atoms with Crippen molar-refractivity contribution in [3.63, 3.8) is 0 Å². The van der Waals surface area contributed by atoms with Gasteiger partial charge in [-0.1, -0.05) is 30.3 Å². The summed E-state index contributed by atoms with van der Waals surface area (Å²) >= 11 is 5.58. The lowest BCUT2D eigenvalue weighted by Gasteiger charge is -2.08. The number of hydrogen-bond donors (Lipinski definition) is 1. The van der Waals surface area contributed by atoms with Gasteiger partial charge in [-0.15, -0.1) is 11.6 Å². The zero-order chi connectivity index (χ0) is 11.4. The van der Waals surface area contributed by atoms with Crippen molar-refractivity contribution < 1.29 is 5.11 Å². The average molecular weight is 237 g/mol. The molecule has 1 aromatic carbocycles. The zero-order valence-corrected chi connectivity index (χ0v) is 10.1. The van der Waals surface area contributed by atoms with Gasteiger partial charge in [0, 0.05) is 5.88 Å². The van der Waals surface area contributed by atoms with E-state index in [1.54, 1.807) is 0 Å². The molecule has 0 saturated carbocycles. The van der Waals surface area contributed by atoms with E-state index < -0.39 is 6.10 Å². The van der Waals surface area contributed by atoms with E-state index in [1.807, 2.05) is 0 Å². The van der Waals surface area contributed by atoms with E-state index >= 15 is 0 Å². The van der Waals surface area contributed by atoms with Crippen molar-refractivity contribution in [1.29, 1.82) is 0 Å². The molecule has 1 aliphatic rings. The van der Waals surface area contributed by atoms with Crippen LogP contribution in [0, 0.1) is 0 Å². The Balaban J connectivity index is 2.04. The first-order chi connectivity index (χ1) is 7.79. The fraction of sp³-hybridized carbons (Fsp3) is 0.429. The Labute approximate surface area is 102 Å². The fourth-order valence-electron chi connectivity index (χ4n) is 2.11. The summed E-state index contributed by atoms with van der Waals surface area (Å²) in [5, 5.41) is 9.45. The Morgan fingerprint density at radius 3 is 2.56 bits per heavy atom. The molecule has 0 bridgehead atoms. The van der Waals surface area contributed by atoms with Gasteiger partial charge >= 0.3 is 0 Å². The van der Waals surface area contributed by atoms with Crippen molar-refractivity contribution >= 4 is 17.2 Å². The molecule has 1 aliphatic carbocycles. The molecule has 0 aromatic heterocycles. The van der Waals surface area contributed by atoms with Crippen LogP contribution in [0.1, 0.15) is 30.4 Å². The van der Waals surface area contributed by atoms with Crippen molar-refractivity contribution in [3.05, 3.63) is 41.5 Å². The Morgan fingerprint density at radius 1 is 1.25 bits per heavy atom. The predicted molar refractivity (Wildman–Crippen MR) is 68.7 cm³/mol. The maximum atomic E-state index is 9.45. The van der Waals surface area contributed by atoms with E-state index in [0.29, 0.717) is 12.3 Å². The Kier molecular flexibility index (Phi) is 4.03. The molecule has 0 amide bonds. The number of aliphatic hydroxyl groups excluding tert-OH is 1. The maximum absolute atomic E-state index is 9.45. The van der Waals surface area contributed by atoms with Crippen molar-refractivity contribution in [3.8, 4) is 0 Å². The number of halogens is 1. The molecule has 0 heterocycles. The minimum atomic E-state index is -0.432. The molecule has 1 atom stereocenters. The van der Waals surface area contributed by atoms with Crippen LogP contribution in [0.5, 0.6) is 0 Å². The van der Waals surface area contributed by atoms with Crippen LogP contribution in [0.2, 0.25) is 0 Å². The highest BCUT2D eigenvalue weighted by Gasteiger charge is 2.08. The van der Waals surface area contributed by atoms with Crippen LogP contribution in [-0.2, 0) is 6.42 Å². The SMILES string of the molecule is OC(CCl)Cc1ccc(C2=CCCC2)cc1. The smallest absolute Gasteiger partial charge is 0.0715 e. The lowest BCUT2D eigenvalue weighted by molar-refractivity contribution is 0.199. The van der Waals surface area contributed by atoms with Crippen LogP contribution in [0.3, 0.4) is 0 Å². The standard InChI is InChI=1S/C14H17ClO/c15-10-14(16)9-11-5-7-13(8-6-11)12-3-1-2-4-12/h3,5-8,14,16H,1-2,4,9-10H2. The van der Waals surface area contributed by atoms with Gasteiger partial charge in [-0.05, 0) is 42.4 Å². The molecule has 1 N–H and O–H groups in total. The lowest BCUT2D eigenvalue weighted by Crippen LogP contribution is -2.11. The van der Waals surface area contributed by atoms with Gasteiger partial charge in [0.1, 0.15) is 0 Å². The van der Waals surface area contributed by atoms with Gasteiger partial charge in [0.2, 0.25) is 0 Å². The monoisotopic (exact) mass is 236 g/mol. The average Bonchev–Trinajstić information content (AvgIpc) is 2.83. The maximum Gasteiger partial charge on any atom is 0.0715 e. The van der Waals surface area contributed by atoms with E-state index in [-0.39, 0.29) is 0 Å². The third-order valence-corrected chi connectivity index (χ3v) is 3.37. The van der Waals surface area contributed by atoms with Crippen LogP contribution >= 0.6 is 11.6 Å².